The fourth-order valence-corrected chi connectivity index (χ4v) is 7.51. The molecule has 2 heteroatoms. The molecule has 4 aromatic rings. The monoisotopic (exact) mass is 469 g/mol. The number of aryl methyl sites for hydroxylation is 1. The van der Waals surface area contributed by atoms with Gasteiger partial charge in [0.1, 0.15) is 0 Å². The number of nitrogens with zero attached hydrogens (tertiary/aromatic N) is 1. The van der Waals surface area contributed by atoms with E-state index in [4.69, 9.17) is 0 Å². The Morgan fingerprint density at radius 3 is 2.68 bits per heavy atom. The Balaban J connectivity index is 1.30. The Bertz CT molecular complexity index is 1830. The van der Waals surface area contributed by atoms with E-state index in [2.05, 4.69) is 121 Å². The van der Waals surface area contributed by atoms with E-state index in [9.17, 15) is 0 Å². The molecule has 9 rings (SSSR count). The molecule has 0 aromatic heterocycles. The van der Waals surface area contributed by atoms with Gasteiger partial charge in [-0.25, -0.2) is 0 Å². The molecule has 0 radical (unpaired) electrons. The van der Waals surface area contributed by atoms with Crippen LogP contribution < -0.4 is 21.3 Å². The van der Waals surface area contributed by atoms with Crippen LogP contribution in [-0.2, 0) is 6.42 Å². The molecule has 172 valence electrons. The molecule has 1 atom stereocenters. The van der Waals surface area contributed by atoms with Gasteiger partial charge in [-0.3, -0.25) is 0 Å². The fourth-order valence-electron chi connectivity index (χ4n) is 7.51. The van der Waals surface area contributed by atoms with Gasteiger partial charge >= 0.3 is 0 Å². The van der Waals surface area contributed by atoms with Gasteiger partial charge in [0, 0.05) is 23.0 Å². The van der Waals surface area contributed by atoms with Gasteiger partial charge in [0.2, 0.25) is 6.71 Å². The molecular weight excluding hydrogens is 445 g/mol. The van der Waals surface area contributed by atoms with Crippen molar-refractivity contribution in [3.05, 3.63) is 137 Å². The van der Waals surface area contributed by atoms with E-state index in [1.165, 1.54) is 78.0 Å². The molecule has 0 fully saturated rings. The van der Waals surface area contributed by atoms with Crippen molar-refractivity contribution in [1.82, 2.24) is 0 Å². The molecule has 0 N–H and O–H groups in total. The summed E-state index contributed by atoms with van der Waals surface area (Å²) in [6.07, 6.45) is 14.8. The van der Waals surface area contributed by atoms with Crippen LogP contribution in [-0.4, -0.2) is 6.71 Å². The molecule has 37 heavy (non-hydrogen) atoms. The second-order valence-electron chi connectivity index (χ2n) is 11.0. The summed E-state index contributed by atoms with van der Waals surface area (Å²) >= 11 is 0. The topological polar surface area (TPSA) is 3.24 Å². The molecule has 0 bridgehead atoms. The minimum absolute atomic E-state index is 0.289. The van der Waals surface area contributed by atoms with Gasteiger partial charge in [-0.15, -0.1) is 0 Å². The van der Waals surface area contributed by atoms with Crippen molar-refractivity contribution < 1.29 is 0 Å². The van der Waals surface area contributed by atoms with Crippen LogP contribution >= 0.6 is 0 Å². The highest BCUT2D eigenvalue weighted by atomic mass is 15.2. The predicted octanol–water partition coefficient (Wildman–Crippen LogP) is 6.36. The third-order valence-electron chi connectivity index (χ3n) is 9.00. The summed E-state index contributed by atoms with van der Waals surface area (Å²) in [6, 6.07) is 27.8. The maximum atomic E-state index is 2.53. The molecule has 2 heterocycles. The average Bonchev–Trinajstić information content (AvgIpc) is 3.27. The highest BCUT2D eigenvalue weighted by molar-refractivity contribution is 7.01. The lowest BCUT2D eigenvalue weighted by Crippen LogP contribution is -2.54. The van der Waals surface area contributed by atoms with Gasteiger partial charge < -0.3 is 4.90 Å². The van der Waals surface area contributed by atoms with Crippen LogP contribution in [0, 0.1) is 6.92 Å². The smallest absolute Gasteiger partial charge is 0.248 e. The van der Waals surface area contributed by atoms with Crippen molar-refractivity contribution in [3.8, 4) is 11.1 Å². The quantitative estimate of drug-likeness (QED) is 0.253. The third kappa shape index (κ3) is 2.50. The normalized spacial score (nSPS) is 18.6. The van der Waals surface area contributed by atoms with E-state index in [-0.39, 0.29) is 6.71 Å². The number of para-hydroxylation sites is 1. The Morgan fingerprint density at radius 2 is 1.70 bits per heavy atom. The first kappa shape index (κ1) is 19.8. The van der Waals surface area contributed by atoms with Crippen molar-refractivity contribution in [2.24, 2.45) is 0 Å². The first-order chi connectivity index (χ1) is 18.3. The lowest BCUT2D eigenvalue weighted by atomic mass is 9.37. The number of hydrogen-bond acceptors (Lipinski definition) is 1. The van der Waals surface area contributed by atoms with Crippen molar-refractivity contribution in [1.29, 1.82) is 0 Å². The first-order valence-electron chi connectivity index (χ1n) is 13.3. The summed E-state index contributed by atoms with van der Waals surface area (Å²) in [5, 5.41) is 0. The largest absolute Gasteiger partial charge is 0.311 e. The number of hydrogen-bond donors (Lipinski definition) is 0. The van der Waals surface area contributed by atoms with Crippen LogP contribution in [0.2, 0.25) is 0 Å². The summed E-state index contributed by atoms with van der Waals surface area (Å²) in [7, 11) is 0. The predicted molar refractivity (Wildman–Crippen MR) is 157 cm³/mol. The number of fused-ring (bicyclic) bond motifs is 5. The van der Waals surface area contributed by atoms with Crippen molar-refractivity contribution in [2.45, 2.75) is 19.3 Å². The molecule has 0 saturated carbocycles. The zero-order chi connectivity index (χ0) is 24.2. The highest BCUT2D eigenvalue weighted by Gasteiger charge is 2.42. The van der Waals surface area contributed by atoms with E-state index in [1.54, 1.807) is 0 Å². The number of anilines is 3. The maximum absolute atomic E-state index is 2.53. The summed E-state index contributed by atoms with van der Waals surface area (Å²) < 4.78 is 0. The third-order valence-corrected chi connectivity index (χ3v) is 9.00. The van der Waals surface area contributed by atoms with Gasteiger partial charge in [-0.05, 0) is 87.5 Å². The summed E-state index contributed by atoms with van der Waals surface area (Å²) in [6.45, 7) is 2.49. The molecule has 4 aromatic carbocycles. The van der Waals surface area contributed by atoms with Crippen LogP contribution in [0.1, 0.15) is 28.2 Å². The molecule has 2 aliphatic heterocycles. The van der Waals surface area contributed by atoms with E-state index in [0.717, 1.165) is 6.42 Å². The molecule has 5 aliphatic rings. The average molecular weight is 469 g/mol. The molecule has 1 nitrogen and oxygen atoms in total. The van der Waals surface area contributed by atoms with E-state index >= 15 is 0 Å². The van der Waals surface area contributed by atoms with Gasteiger partial charge in [-0.2, -0.15) is 0 Å². The Morgan fingerprint density at radius 1 is 0.784 bits per heavy atom. The Kier molecular flexibility index (Phi) is 3.71. The summed E-state index contributed by atoms with van der Waals surface area (Å²) in [5.74, 6) is 0.388. The zero-order valence-corrected chi connectivity index (χ0v) is 20.7. The Labute approximate surface area is 217 Å². The van der Waals surface area contributed by atoms with Crippen LogP contribution in [0.25, 0.3) is 17.2 Å². The first-order valence-corrected chi connectivity index (χ1v) is 13.3. The van der Waals surface area contributed by atoms with Crippen LogP contribution in [0.5, 0.6) is 0 Å². The van der Waals surface area contributed by atoms with E-state index in [1.807, 2.05) is 0 Å². The highest BCUT2D eigenvalue weighted by Crippen LogP contribution is 2.49. The molecule has 0 saturated heterocycles. The van der Waals surface area contributed by atoms with Gasteiger partial charge in [0.15, 0.2) is 0 Å². The minimum atomic E-state index is 0.289. The van der Waals surface area contributed by atoms with Gasteiger partial charge in [-0.1, -0.05) is 96.0 Å². The van der Waals surface area contributed by atoms with Crippen molar-refractivity contribution in [2.75, 3.05) is 4.90 Å². The molecule has 1 unspecified atom stereocenters. The second kappa shape index (κ2) is 6.92. The van der Waals surface area contributed by atoms with Crippen molar-refractivity contribution in [3.63, 3.8) is 0 Å². The fraction of sp³-hybridized carbons (Fsp3) is 0.0857. The minimum Gasteiger partial charge on any atom is -0.311 e. The van der Waals surface area contributed by atoms with Gasteiger partial charge in [0.25, 0.3) is 0 Å². The lowest BCUT2D eigenvalue weighted by molar-refractivity contribution is 0.892. The van der Waals surface area contributed by atoms with Crippen LogP contribution in [0.15, 0.2) is 114 Å². The molecular formula is C35H24BN. The van der Waals surface area contributed by atoms with Crippen LogP contribution in [0.4, 0.5) is 17.1 Å². The molecule has 0 spiro atoms. The maximum Gasteiger partial charge on any atom is 0.248 e. The Hall–Kier alpha value is -4.30. The lowest BCUT2D eigenvalue weighted by Gasteiger charge is -2.38. The summed E-state index contributed by atoms with van der Waals surface area (Å²) in [4.78, 5) is 2.53. The van der Waals surface area contributed by atoms with E-state index < -0.39 is 0 Å². The number of benzene rings is 4. The van der Waals surface area contributed by atoms with Gasteiger partial charge in [0.05, 0.1) is 0 Å². The zero-order valence-electron chi connectivity index (χ0n) is 20.7. The SMILES string of the molecule is Cc1ccc2c(c1)-c1cccc3c1B2c1ccccc1N3c1cc2c3c(c1)CC=C1C=CC=C(C=C2)C13. The van der Waals surface area contributed by atoms with Crippen molar-refractivity contribution >= 4 is 46.2 Å². The van der Waals surface area contributed by atoms with Crippen LogP contribution in [0.3, 0.4) is 0 Å². The number of allylic oxidation sites excluding steroid dienone is 7. The summed E-state index contributed by atoms with van der Waals surface area (Å²) in [5.41, 5.74) is 19.4. The standard InChI is InChI=1S/C35H24BN/c1-21-12-17-29-28(18-21)27-8-5-11-32-35(27)36(29)30-9-2-3-10-31(30)37(32)26-19-24-15-13-22-6-4-7-23-14-16-25(20-26)34(24)33(22)23/h2-15,17-20,33H,16H2,1H3. The molecule has 0 amide bonds. The van der Waals surface area contributed by atoms with E-state index in [0.29, 0.717) is 5.92 Å². The second-order valence-corrected chi connectivity index (χ2v) is 11.0. The number of rotatable bonds is 1. The molecule has 3 aliphatic carbocycles.